The number of carbonyl (C=O) groups is 1. The summed E-state index contributed by atoms with van der Waals surface area (Å²) in [5.74, 6) is -0.0785. The Morgan fingerprint density at radius 3 is 1.87 bits per heavy atom. The molecule has 0 fully saturated rings. The molecule has 0 saturated heterocycles. The van der Waals surface area contributed by atoms with Crippen LogP contribution in [0.25, 0.3) is 11.1 Å². The van der Waals surface area contributed by atoms with Crippen molar-refractivity contribution in [2.75, 3.05) is 0 Å². The quantitative estimate of drug-likeness (QED) is 0.408. The second kappa shape index (κ2) is 9.59. The highest BCUT2D eigenvalue weighted by Gasteiger charge is 2.12. The van der Waals surface area contributed by atoms with E-state index < -0.39 is 5.97 Å². The molecule has 0 saturated carbocycles. The van der Waals surface area contributed by atoms with Gasteiger partial charge in [-0.1, -0.05) is 72.8 Å². The molecule has 0 unspecified atom stereocenters. The first-order chi connectivity index (χ1) is 15.2. The second-order valence-electron chi connectivity index (χ2n) is 6.93. The molecule has 154 valence electrons. The van der Waals surface area contributed by atoms with Crippen LogP contribution in [0.15, 0.2) is 97.1 Å². The van der Waals surface area contributed by atoms with E-state index in [0.29, 0.717) is 25.0 Å². The van der Waals surface area contributed by atoms with Gasteiger partial charge in [0.25, 0.3) is 0 Å². The molecule has 0 aliphatic heterocycles. The summed E-state index contributed by atoms with van der Waals surface area (Å²) in [5.41, 5.74) is 3.87. The van der Waals surface area contributed by atoms with Crippen molar-refractivity contribution in [3.63, 3.8) is 0 Å². The molecule has 3 aromatic carbocycles. The molecule has 0 aliphatic rings. The summed E-state index contributed by atoms with van der Waals surface area (Å²) in [4.78, 5) is 15.7. The molecule has 0 atom stereocenters. The van der Waals surface area contributed by atoms with Crippen LogP contribution in [0.1, 0.15) is 21.5 Å². The number of ether oxygens (including phenoxy) is 2. The van der Waals surface area contributed by atoms with Gasteiger partial charge in [-0.25, -0.2) is 4.79 Å². The van der Waals surface area contributed by atoms with Gasteiger partial charge in [0, 0.05) is 11.6 Å². The van der Waals surface area contributed by atoms with Crippen molar-refractivity contribution >= 4 is 5.97 Å². The maximum atomic E-state index is 11.2. The predicted molar refractivity (Wildman–Crippen MR) is 118 cm³/mol. The Balaban J connectivity index is 1.60. The third-order valence-electron chi connectivity index (χ3n) is 4.73. The normalized spacial score (nSPS) is 10.5. The van der Waals surface area contributed by atoms with Crippen LogP contribution in [-0.4, -0.2) is 16.1 Å². The standard InChI is InChI=1S/C26H21NO4/c28-26(29)22-13-11-21(12-14-22)23-15-16-24(30-17-19-7-3-1-4-8-19)27-25(23)31-18-20-9-5-2-6-10-20/h1-16H,17-18H2,(H,28,29). The van der Waals surface area contributed by atoms with Gasteiger partial charge in [-0.15, -0.1) is 0 Å². The number of hydrogen-bond acceptors (Lipinski definition) is 4. The van der Waals surface area contributed by atoms with Gasteiger partial charge >= 0.3 is 5.97 Å². The summed E-state index contributed by atoms with van der Waals surface area (Å²) in [7, 11) is 0. The Hall–Kier alpha value is -4.12. The molecule has 5 heteroatoms. The Kier molecular flexibility index (Phi) is 6.24. The van der Waals surface area contributed by atoms with Gasteiger partial charge in [-0.3, -0.25) is 0 Å². The Bertz CT molecular complexity index is 1140. The fraction of sp³-hybridized carbons (Fsp3) is 0.0769. The monoisotopic (exact) mass is 411 g/mol. The highest BCUT2D eigenvalue weighted by atomic mass is 16.5. The van der Waals surface area contributed by atoms with Gasteiger partial charge in [0.1, 0.15) is 13.2 Å². The summed E-state index contributed by atoms with van der Waals surface area (Å²) >= 11 is 0. The number of aromatic nitrogens is 1. The SMILES string of the molecule is O=C(O)c1ccc(-c2ccc(OCc3ccccc3)nc2OCc2ccccc2)cc1. The van der Waals surface area contributed by atoms with Crippen LogP contribution < -0.4 is 9.47 Å². The highest BCUT2D eigenvalue weighted by molar-refractivity contribution is 5.88. The van der Waals surface area contributed by atoms with Crippen molar-refractivity contribution in [1.29, 1.82) is 0 Å². The van der Waals surface area contributed by atoms with Crippen LogP contribution in [0.4, 0.5) is 0 Å². The van der Waals surface area contributed by atoms with E-state index >= 15 is 0 Å². The maximum absolute atomic E-state index is 11.2. The number of benzene rings is 3. The smallest absolute Gasteiger partial charge is 0.335 e. The summed E-state index contributed by atoms with van der Waals surface area (Å²) < 4.78 is 11.9. The number of carboxylic acids is 1. The average Bonchev–Trinajstić information content (AvgIpc) is 2.83. The summed E-state index contributed by atoms with van der Waals surface area (Å²) in [6.45, 7) is 0.759. The van der Waals surface area contributed by atoms with E-state index in [-0.39, 0.29) is 5.56 Å². The predicted octanol–water partition coefficient (Wildman–Crippen LogP) is 5.60. The molecule has 0 radical (unpaired) electrons. The zero-order valence-corrected chi connectivity index (χ0v) is 16.8. The van der Waals surface area contributed by atoms with Gasteiger partial charge < -0.3 is 14.6 Å². The van der Waals surface area contributed by atoms with Gasteiger partial charge in [0.2, 0.25) is 11.8 Å². The molecule has 1 aromatic heterocycles. The lowest BCUT2D eigenvalue weighted by Gasteiger charge is -2.13. The number of aromatic carboxylic acids is 1. The molecule has 5 nitrogen and oxygen atoms in total. The first-order valence-corrected chi connectivity index (χ1v) is 9.87. The van der Waals surface area contributed by atoms with Crippen molar-refractivity contribution in [2.45, 2.75) is 13.2 Å². The van der Waals surface area contributed by atoms with Crippen molar-refractivity contribution in [2.24, 2.45) is 0 Å². The van der Waals surface area contributed by atoms with E-state index in [2.05, 4.69) is 4.98 Å². The average molecular weight is 411 g/mol. The van der Waals surface area contributed by atoms with Crippen molar-refractivity contribution in [3.05, 3.63) is 114 Å². The summed E-state index contributed by atoms with van der Waals surface area (Å²) in [6.07, 6.45) is 0. The molecule has 0 bridgehead atoms. The maximum Gasteiger partial charge on any atom is 0.335 e. The van der Waals surface area contributed by atoms with Gasteiger partial charge in [-0.2, -0.15) is 4.98 Å². The number of nitrogens with zero attached hydrogens (tertiary/aromatic N) is 1. The fourth-order valence-corrected chi connectivity index (χ4v) is 3.08. The number of rotatable bonds is 8. The van der Waals surface area contributed by atoms with Crippen molar-refractivity contribution < 1.29 is 19.4 Å². The van der Waals surface area contributed by atoms with Crippen LogP contribution in [-0.2, 0) is 13.2 Å². The molecular formula is C26H21NO4. The lowest BCUT2D eigenvalue weighted by molar-refractivity contribution is 0.0697. The topological polar surface area (TPSA) is 68.7 Å². The van der Waals surface area contributed by atoms with Crippen LogP contribution in [0.3, 0.4) is 0 Å². The van der Waals surface area contributed by atoms with Crippen LogP contribution in [0.5, 0.6) is 11.8 Å². The fourth-order valence-electron chi connectivity index (χ4n) is 3.08. The minimum absolute atomic E-state index is 0.228. The molecule has 1 heterocycles. The third kappa shape index (κ3) is 5.28. The zero-order valence-electron chi connectivity index (χ0n) is 16.8. The highest BCUT2D eigenvalue weighted by Crippen LogP contribution is 2.31. The molecule has 0 amide bonds. The molecule has 0 spiro atoms. The second-order valence-corrected chi connectivity index (χ2v) is 6.93. The molecule has 0 aliphatic carbocycles. The lowest BCUT2D eigenvalue weighted by atomic mass is 10.1. The van der Waals surface area contributed by atoms with E-state index in [1.54, 1.807) is 30.3 Å². The number of pyridine rings is 1. The van der Waals surface area contributed by atoms with E-state index in [0.717, 1.165) is 22.3 Å². The van der Waals surface area contributed by atoms with Gasteiger partial charge in [0.05, 0.1) is 5.56 Å². The van der Waals surface area contributed by atoms with Crippen molar-refractivity contribution in [1.82, 2.24) is 4.98 Å². The zero-order chi connectivity index (χ0) is 21.5. The number of hydrogen-bond donors (Lipinski definition) is 1. The summed E-state index contributed by atoms with van der Waals surface area (Å²) in [6, 6.07) is 30.0. The van der Waals surface area contributed by atoms with Crippen LogP contribution >= 0.6 is 0 Å². The largest absolute Gasteiger partial charge is 0.478 e. The third-order valence-corrected chi connectivity index (χ3v) is 4.73. The van der Waals surface area contributed by atoms with E-state index in [9.17, 15) is 4.79 Å². The van der Waals surface area contributed by atoms with E-state index in [4.69, 9.17) is 14.6 Å². The molecule has 4 aromatic rings. The minimum atomic E-state index is -0.963. The van der Waals surface area contributed by atoms with Crippen LogP contribution in [0.2, 0.25) is 0 Å². The molecular weight excluding hydrogens is 390 g/mol. The minimum Gasteiger partial charge on any atom is -0.478 e. The molecule has 31 heavy (non-hydrogen) atoms. The first kappa shape index (κ1) is 20.2. The Labute approximate surface area is 180 Å². The molecule has 4 rings (SSSR count). The van der Waals surface area contributed by atoms with Gasteiger partial charge in [-0.05, 0) is 34.9 Å². The Morgan fingerprint density at radius 2 is 1.29 bits per heavy atom. The van der Waals surface area contributed by atoms with Crippen LogP contribution in [0, 0.1) is 0 Å². The van der Waals surface area contributed by atoms with E-state index in [1.165, 1.54) is 0 Å². The van der Waals surface area contributed by atoms with Gasteiger partial charge in [0.15, 0.2) is 0 Å². The van der Waals surface area contributed by atoms with Crippen molar-refractivity contribution in [3.8, 4) is 22.9 Å². The molecule has 1 N–H and O–H groups in total. The summed E-state index contributed by atoms with van der Waals surface area (Å²) in [5, 5.41) is 9.15. The lowest BCUT2D eigenvalue weighted by Crippen LogP contribution is -2.02. The van der Waals surface area contributed by atoms with E-state index in [1.807, 2.05) is 66.7 Å². The number of carboxylic acid groups (broad SMARTS) is 1. The first-order valence-electron chi connectivity index (χ1n) is 9.87. The Morgan fingerprint density at radius 1 is 0.710 bits per heavy atom.